The largest absolute Gasteiger partial charge is 0.508 e. The average Bonchev–Trinajstić information content (AvgIpc) is 3.28. The predicted molar refractivity (Wildman–Crippen MR) is 153 cm³/mol. The van der Waals surface area contributed by atoms with Gasteiger partial charge >= 0.3 is 0 Å². The molecule has 7 rings (SSSR count). The van der Waals surface area contributed by atoms with E-state index in [4.69, 9.17) is 27.9 Å². The second-order valence-electron chi connectivity index (χ2n) is 11.3. The molecule has 0 spiro atoms. The van der Waals surface area contributed by atoms with E-state index in [1.807, 2.05) is 6.08 Å². The molecule has 3 aliphatic heterocycles. The molecule has 8 nitrogen and oxygen atoms in total. The van der Waals surface area contributed by atoms with Crippen LogP contribution < -0.4 is 9.64 Å². The Morgan fingerprint density at radius 3 is 2.46 bits per heavy atom. The molecule has 41 heavy (non-hydrogen) atoms. The van der Waals surface area contributed by atoms with E-state index in [2.05, 4.69) is 15.9 Å². The second-order valence-corrected chi connectivity index (χ2v) is 13.4. The molecule has 2 aromatic rings. The van der Waals surface area contributed by atoms with Crippen LogP contribution in [-0.4, -0.2) is 50.4 Å². The molecule has 4 amide bonds. The van der Waals surface area contributed by atoms with Crippen molar-refractivity contribution < 1.29 is 29.0 Å². The fourth-order valence-corrected chi connectivity index (χ4v) is 8.70. The van der Waals surface area contributed by atoms with Gasteiger partial charge in [-0.3, -0.25) is 29.0 Å². The van der Waals surface area contributed by atoms with Gasteiger partial charge in [-0.05, 0) is 66.8 Å². The Balaban J connectivity index is 1.36. The van der Waals surface area contributed by atoms with Crippen molar-refractivity contribution in [2.24, 2.45) is 23.7 Å². The smallest absolute Gasteiger partial charge is 0.253 e. The van der Waals surface area contributed by atoms with E-state index in [0.29, 0.717) is 28.1 Å². The molecule has 6 atom stereocenters. The van der Waals surface area contributed by atoms with Crippen LogP contribution in [0.2, 0.25) is 0 Å². The highest BCUT2D eigenvalue weighted by Gasteiger charge is 2.76. The standard InChI is InChI=1S/C30H23BrCl2N2O6/c1-34-27(39)29(32)12-21-19(7-8-20-23(21)26(38)35(25(20)37)17-4-2-16(31)3-5-17)24(30(29,33)28(34)40)15-10-14-11-18(36)6-9-22(14)41-13-15/h2-7,9,11,13,20-21,23-24,36H,8,10,12H2,1H3. The fourth-order valence-electron chi connectivity index (χ4n) is 7.40. The molecular formula is C30H23BrCl2N2O6. The summed E-state index contributed by atoms with van der Waals surface area (Å²) in [4.78, 5) is 53.4. The van der Waals surface area contributed by atoms with Crippen LogP contribution >= 0.6 is 39.1 Å². The van der Waals surface area contributed by atoms with Gasteiger partial charge in [-0.15, -0.1) is 23.2 Å². The number of carbonyl (C=O) groups excluding carboxylic acids is 4. The minimum atomic E-state index is -1.88. The number of anilines is 1. The normalized spacial score (nSPS) is 34.0. The number of rotatable bonds is 2. The van der Waals surface area contributed by atoms with Gasteiger partial charge in [0.25, 0.3) is 11.8 Å². The Hall–Kier alpha value is -3.14. The molecule has 3 fully saturated rings. The van der Waals surface area contributed by atoms with Crippen molar-refractivity contribution in [1.29, 1.82) is 0 Å². The van der Waals surface area contributed by atoms with Crippen LogP contribution in [0.15, 0.2) is 70.4 Å². The van der Waals surface area contributed by atoms with Gasteiger partial charge in [0, 0.05) is 29.4 Å². The fraction of sp³-hybridized carbons (Fsp3) is 0.333. The number of alkyl halides is 2. The van der Waals surface area contributed by atoms with Gasteiger partial charge in [0.05, 0.1) is 23.8 Å². The molecule has 0 bridgehead atoms. The number of ether oxygens (including phenoxy) is 1. The SMILES string of the molecule is CN1C(=O)C2(Cl)CC3C(=CCC4C(=O)N(c5ccc(Br)cc5)C(=O)C43)C(C3=COc4ccc(O)cc4C3)C2(Cl)C1=O. The number of hydrogen-bond donors (Lipinski definition) is 1. The molecule has 1 N–H and O–H groups in total. The molecule has 3 heterocycles. The summed E-state index contributed by atoms with van der Waals surface area (Å²) >= 11 is 17.8. The van der Waals surface area contributed by atoms with E-state index >= 15 is 0 Å². The number of hydrogen-bond acceptors (Lipinski definition) is 6. The molecule has 210 valence electrons. The topological polar surface area (TPSA) is 104 Å². The third-order valence-electron chi connectivity index (χ3n) is 9.25. The Kier molecular flexibility index (Phi) is 5.82. The van der Waals surface area contributed by atoms with Crippen LogP contribution in [0, 0.1) is 23.7 Å². The number of likely N-dealkylation sites (tertiary alicyclic amines) is 1. The van der Waals surface area contributed by atoms with Gasteiger partial charge in [0.15, 0.2) is 9.75 Å². The number of nitrogens with zero attached hydrogens (tertiary/aromatic N) is 2. The Bertz CT molecular complexity index is 1640. The van der Waals surface area contributed by atoms with Crippen LogP contribution in [0.25, 0.3) is 0 Å². The lowest BCUT2D eigenvalue weighted by Crippen LogP contribution is -2.61. The van der Waals surface area contributed by atoms with Crippen LogP contribution in [0.4, 0.5) is 5.69 Å². The third-order valence-corrected chi connectivity index (χ3v) is 11.2. The summed E-state index contributed by atoms with van der Waals surface area (Å²) in [6.45, 7) is 0. The van der Waals surface area contributed by atoms with Crippen molar-refractivity contribution in [3.8, 4) is 11.5 Å². The van der Waals surface area contributed by atoms with E-state index in [1.165, 1.54) is 24.3 Å². The first-order valence-corrected chi connectivity index (χ1v) is 14.7. The number of allylic oxidation sites excluding steroid dienone is 3. The molecular weight excluding hydrogens is 635 g/mol. The van der Waals surface area contributed by atoms with Crippen LogP contribution in [0.5, 0.6) is 11.5 Å². The Morgan fingerprint density at radius 2 is 1.73 bits per heavy atom. The number of halogens is 3. The van der Waals surface area contributed by atoms with E-state index in [1.54, 1.807) is 36.4 Å². The van der Waals surface area contributed by atoms with Gasteiger partial charge in [-0.1, -0.05) is 27.6 Å². The molecule has 5 aliphatic rings. The van der Waals surface area contributed by atoms with Crippen molar-refractivity contribution in [2.75, 3.05) is 11.9 Å². The first-order valence-electron chi connectivity index (χ1n) is 13.2. The summed E-state index contributed by atoms with van der Waals surface area (Å²) in [5.41, 5.74) is 2.44. The number of aromatic hydroxyl groups is 1. The van der Waals surface area contributed by atoms with Crippen LogP contribution in [0.1, 0.15) is 18.4 Å². The predicted octanol–water partition coefficient (Wildman–Crippen LogP) is 4.70. The molecule has 2 saturated heterocycles. The zero-order valence-electron chi connectivity index (χ0n) is 21.6. The van der Waals surface area contributed by atoms with Gasteiger partial charge in [0.2, 0.25) is 11.8 Å². The maximum Gasteiger partial charge on any atom is 0.253 e. The molecule has 1 saturated carbocycles. The number of amides is 4. The summed E-state index contributed by atoms with van der Waals surface area (Å²) < 4.78 is 6.71. The highest BCUT2D eigenvalue weighted by atomic mass is 79.9. The Morgan fingerprint density at radius 1 is 1.00 bits per heavy atom. The van der Waals surface area contributed by atoms with Gasteiger partial charge in [-0.2, -0.15) is 0 Å². The van der Waals surface area contributed by atoms with E-state index in [9.17, 15) is 24.3 Å². The summed E-state index contributed by atoms with van der Waals surface area (Å²) in [5.74, 6) is -4.26. The minimum Gasteiger partial charge on any atom is -0.508 e. The van der Waals surface area contributed by atoms with Crippen LogP contribution in [-0.2, 0) is 25.6 Å². The second kappa shape index (κ2) is 8.93. The van der Waals surface area contributed by atoms with E-state index < -0.39 is 45.2 Å². The maximum absolute atomic E-state index is 14.0. The first kappa shape index (κ1) is 26.7. The number of phenolic OH excluding ortho intramolecular Hbond substituents is 1. The Labute approximate surface area is 253 Å². The third kappa shape index (κ3) is 3.46. The van der Waals surface area contributed by atoms with Crippen molar-refractivity contribution in [3.63, 3.8) is 0 Å². The summed E-state index contributed by atoms with van der Waals surface area (Å²) in [7, 11) is 1.35. The van der Waals surface area contributed by atoms with E-state index in [-0.39, 0.29) is 36.8 Å². The molecule has 2 aromatic carbocycles. The number of imide groups is 2. The molecule has 0 aromatic heterocycles. The molecule has 11 heteroatoms. The lowest BCUT2D eigenvalue weighted by Gasteiger charge is -2.51. The average molecular weight is 658 g/mol. The maximum atomic E-state index is 14.0. The van der Waals surface area contributed by atoms with Crippen molar-refractivity contribution in [2.45, 2.75) is 29.0 Å². The molecule has 2 aliphatic carbocycles. The highest BCUT2D eigenvalue weighted by molar-refractivity contribution is 9.10. The zero-order valence-corrected chi connectivity index (χ0v) is 24.7. The number of carbonyl (C=O) groups is 4. The summed E-state index contributed by atoms with van der Waals surface area (Å²) in [5, 5.41) is 10.1. The molecule has 0 radical (unpaired) electrons. The highest BCUT2D eigenvalue weighted by Crippen LogP contribution is 2.64. The van der Waals surface area contributed by atoms with Gasteiger partial charge in [-0.25, -0.2) is 0 Å². The van der Waals surface area contributed by atoms with Crippen molar-refractivity contribution in [3.05, 3.63) is 76.0 Å². The van der Waals surface area contributed by atoms with Crippen molar-refractivity contribution in [1.82, 2.24) is 4.90 Å². The number of phenols is 1. The quantitative estimate of drug-likeness (QED) is 0.285. The lowest BCUT2D eigenvalue weighted by atomic mass is 9.56. The number of fused-ring (bicyclic) bond motifs is 5. The van der Waals surface area contributed by atoms with Gasteiger partial charge in [0.1, 0.15) is 11.5 Å². The summed E-state index contributed by atoms with van der Waals surface area (Å²) in [6, 6.07) is 11.7. The first-order chi connectivity index (χ1) is 19.5. The monoisotopic (exact) mass is 656 g/mol. The zero-order chi connectivity index (χ0) is 29.0. The van der Waals surface area contributed by atoms with Gasteiger partial charge < -0.3 is 9.84 Å². The number of benzene rings is 2. The van der Waals surface area contributed by atoms with Crippen molar-refractivity contribution >= 4 is 68.4 Å². The van der Waals surface area contributed by atoms with E-state index in [0.717, 1.165) is 9.37 Å². The summed E-state index contributed by atoms with van der Waals surface area (Å²) in [6.07, 6.45) is 3.89. The minimum absolute atomic E-state index is 0.0528. The lowest BCUT2D eigenvalue weighted by molar-refractivity contribution is -0.138. The van der Waals surface area contributed by atoms with Crippen LogP contribution in [0.3, 0.4) is 0 Å². The molecule has 6 unspecified atom stereocenters.